The van der Waals surface area contributed by atoms with Gasteiger partial charge in [-0.3, -0.25) is 9.69 Å². The fraction of sp³-hybridized carbons (Fsp3) is 0.440. The number of likely N-dealkylation sites (tertiary alicyclic amines) is 1. The Morgan fingerprint density at radius 1 is 1.10 bits per heavy atom. The second-order valence-corrected chi connectivity index (χ2v) is 8.54. The summed E-state index contributed by atoms with van der Waals surface area (Å²) in [6, 6.07) is 13.5. The zero-order valence-electron chi connectivity index (χ0n) is 18.7. The monoisotopic (exact) mass is 420 g/mol. The Bertz CT molecular complexity index is 1050. The minimum Gasteiger partial charge on any atom is -0.496 e. The van der Waals surface area contributed by atoms with Crippen LogP contribution in [0.15, 0.2) is 42.5 Å². The number of ether oxygens (including phenoxy) is 1. The largest absolute Gasteiger partial charge is 0.496 e. The first-order valence-corrected chi connectivity index (χ1v) is 11.2. The number of benzene rings is 2. The summed E-state index contributed by atoms with van der Waals surface area (Å²) in [6.45, 7) is 7.55. The molecule has 1 fully saturated rings. The Morgan fingerprint density at radius 2 is 1.84 bits per heavy atom. The lowest BCUT2D eigenvalue weighted by Crippen LogP contribution is -2.26. The first kappa shape index (κ1) is 21.4. The van der Waals surface area contributed by atoms with Crippen LogP contribution in [0.3, 0.4) is 0 Å². The van der Waals surface area contributed by atoms with Crippen LogP contribution in [0.4, 0.5) is 5.69 Å². The summed E-state index contributed by atoms with van der Waals surface area (Å²) in [5, 5.41) is 2.99. The zero-order chi connectivity index (χ0) is 21.8. The van der Waals surface area contributed by atoms with Crippen LogP contribution in [-0.4, -0.2) is 40.6 Å². The third-order valence-corrected chi connectivity index (χ3v) is 5.95. The van der Waals surface area contributed by atoms with E-state index in [1.807, 2.05) is 24.3 Å². The minimum absolute atomic E-state index is 0.190. The third-order valence-electron chi connectivity index (χ3n) is 5.95. The van der Waals surface area contributed by atoms with Gasteiger partial charge in [0.1, 0.15) is 11.6 Å². The highest BCUT2D eigenvalue weighted by atomic mass is 16.5. The van der Waals surface area contributed by atoms with Crippen molar-refractivity contribution in [1.82, 2.24) is 14.5 Å². The van der Waals surface area contributed by atoms with E-state index < -0.39 is 0 Å². The van der Waals surface area contributed by atoms with Crippen molar-refractivity contribution in [3.63, 3.8) is 0 Å². The lowest BCUT2D eigenvalue weighted by molar-refractivity contribution is 0.102. The van der Waals surface area contributed by atoms with Gasteiger partial charge in [-0.1, -0.05) is 25.0 Å². The molecule has 31 heavy (non-hydrogen) atoms. The maximum Gasteiger partial charge on any atom is 0.259 e. The summed E-state index contributed by atoms with van der Waals surface area (Å²) in [6.07, 6.45) is 5.18. The lowest BCUT2D eigenvalue weighted by atomic mass is 10.2. The van der Waals surface area contributed by atoms with Crippen LogP contribution >= 0.6 is 0 Å². The maximum atomic E-state index is 12.8. The molecule has 164 valence electrons. The Kier molecular flexibility index (Phi) is 6.56. The van der Waals surface area contributed by atoms with Gasteiger partial charge in [0.05, 0.1) is 30.3 Å². The number of rotatable bonds is 6. The van der Waals surface area contributed by atoms with E-state index >= 15 is 0 Å². The van der Waals surface area contributed by atoms with Crippen molar-refractivity contribution < 1.29 is 9.53 Å². The number of hydrogen-bond acceptors (Lipinski definition) is 4. The molecule has 6 nitrogen and oxygen atoms in total. The summed E-state index contributed by atoms with van der Waals surface area (Å²) < 4.78 is 7.65. The van der Waals surface area contributed by atoms with Gasteiger partial charge in [0, 0.05) is 11.7 Å². The predicted molar refractivity (Wildman–Crippen MR) is 125 cm³/mol. The van der Waals surface area contributed by atoms with Crippen LogP contribution < -0.4 is 10.1 Å². The van der Waals surface area contributed by atoms with Crippen LogP contribution in [0, 0.1) is 0 Å². The number of nitrogens with one attached hydrogen (secondary N) is 1. The standard InChI is InChI=1S/C25H32N4O2/c1-18(2)29-22-13-12-19(26-25(30)20-10-6-7-11-23(20)31-3)16-21(22)27-24(29)17-28-14-8-4-5-9-15-28/h6-7,10-13,16,18H,4-5,8-9,14-15,17H2,1-3H3,(H,26,30). The second kappa shape index (κ2) is 9.52. The number of carbonyl (C=O) groups is 1. The number of nitrogens with zero attached hydrogens (tertiary/aromatic N) is 3. The molecule has 1 N–H and O–H groups in total. The van der Waals surface area contributed by atoms with Crippen molar-refractivity contribution in [3.05, 3.63) is 53.9 Å². The molecule has 3 aromatic rings. The molecule has 1 amide bonds. The zero-order valence-corrected chi connectivity index (χ0v) is 18.7. The fourth-order valence-corrected chi connectivity index (χ4v) is 4.44. The molecule has 0 atom stereocenters. The summed E-state index contributed by atoms with van der Waals surface area (Å²) in [5.41, 5.74) is 3.27. The van der Waals surface area contributed by atoms with E-state index in [0.717, 1.165) is 42.2 Å². The Balaban J connectivity index is 1.60. The first-order chi connectivity index (χ1) is 15.1. The summed E-state index contributed by atoms with van der Waals surface area (Å²) in [5.74, 6) is 1.47. The number of anilines is 1. The molecule has 0 bridgehead atoms. The van der Waals surface area contributed by atoms with E-state index in [1.54, 1.807) is 19.2 Å². The van der Waals surface area contributed by atoms with E-state index in [-0.39, 0.29) is 5.91 Å². The van der Waals surface area contributed by atoms with E-state index in [2.05, 4.69) is 34.7 Å². The van der Waals surface area contributed by atoms with Gasteiger partial charge in [0.15, 0.2) is 0 Å². The van der Waals surface area contributed by atoms with Gasteiger partial charge >= 0.3 is 0 Å². The molecule has 0 radical (unpaired) electrons. The molecule has 1 saturated heterocycles. The normalized spacial score (nSPS) is 15.2. The second-order valence-electron chi connectivity index (χ2n) is 8.54. The van der Waals surface area contributed by atoms with Crippen molar-refractivity contribution in [2.45, 2.75) is 52.1 Å². The van der Waals surface area contributed by atoms with Gasteiger partial charge in [-0.2, -0.15) is 0 Å². The quantitative estimate of drug-likeness (QED) is 0.591. The van der Waals surface area contributed by atoms with Crippen molar-refractivity contribution in [2.24, 2.45) is 0 Å². The van der Waals surface area contributed by atoms with Crippen molar-refractivity contribution in [3.8, 4) is 5.75 Å². The molecule has 2 heterocycles. The molecule has 0 spiro atoms. The highest BCUT2D eigenvalue weighted by molar-refractivity contribution is 6.06. The molecule has 0 unspecified atom stereocenters. The van der Waals surface area contributed by atoms with Crippen molar-refractivity contribution in [1.29, 1.82) is 0 Å². The third kappa shape index (κ3) is 4.74. The number of methoxy groups -OCH3 is 1. The molecular formula is C25H32N4O2. The SMILES string of the molecule is COc1ccccc1C(=O)Nc1ccc2c(c1)nc(CN1CCCCCC1)n2C(C)C. The van der Waals surface area contributed by atoms with E-state index in [9.17, 15) is 4.79 Å². The minimum atomic E-state index is -0.190. The van der Waals surface area contributed by atoms with Crippen molar-refractivity contribution >= 4 is 22.6 Å². The van der Waals surface area contributed by atoms with Crippen molar-refractivity contribution in [2.75, 3.05) is 25.5 Å². The maximum absolute atomic E-state index is 12.8. The Labute approximate surface area is 184 Å². The summed E-state index contributed by atoms with van der Waals surface area (Å²) in [7, 11) is 1.57. The van der Waals surface area contributed by atoms with E-state index in [0.29, 0.717) is 17.4 Å². The number of fused-ring (bicyclic) bond motifs is 1. The molecule has 1 aliphatic rings. The van der Waals surface area contributed by atoms with Crippen LogP contribution in [0.1, 0.15) is 61.8 Å². The molecular weight excluding hydrogens is 388 g/mol. The average molecular weight is 421 g/mol. The Morgan fingerprint density at radius 3 is 2.55 bits per heavy atom. The summed E-state index contributed by atoms with van der Waals surface area (Å²) in [4.78, 5) is 20.3. The highest BCUT2D eigenvalue weighted by Crippen LogP contribution is 2.26. The van der Waals surface area contributed by atoms with Gasteiger partial charge < -0.3 is 14.6 Å². The van der Waals surface area contributed by atoms with Gasteiger partial charge in [-0.15, -0.1) is 0 Å². The number of carbonyl (C=O) groups excluding carboxylic acids is 1. The molecule has 2 aromatic carbocycles. The average Bonchev–Trinajstić information content (AvgIpc) is 2.92. The van der Waals surface area contributed by atoms with E-state index in [1.165, 1.54) is 25.7 Å². The van der Waals surface area contributed by atoms with Gasteiger partial charge in [-0.05, 0) is 70.1 Å². The van der Waals surface area contributed by atoms with Crippen LogP contribution in [0.5, 0.6) is 5.75 Å². The van der Waals surface area contributed by atoms with E-state index in [4.69, 9.17) is 9.72 Å². The number of para-hydroxylation sites is 1. The number of hydrogen-bond donors (Lipinski definition) is 1. The smallest absolute Gasteiger partial charge is 0.259 e. The van der Waals surface area contributed by atoms with Gasteiger partial charge in [0.25, 0.3) is 5.91 Å². The van der Waals surface area contributed by atoms with Gasteiger partial charge in [0.2, 0.25) is 0 Å². The topological polar surface area (TPSA) is 59.4 Å². The number of amides is 1. The fourth-order valence-electron chi connectivity index (χ4n) is 4.44. The van der Waals surface area contributed by atoms with Crippen LogP contribution in [-0.2, 0) is 6.54 Å². The lowest BCUT2D eigenvalue weighted by Gasteiger charge is -2.21. The summed E-state index contributed by atoms with van der Waals surface area (Å²) >= 11 is 0. The first-order valence-electron chi connectivity index (χ1n) is 11.2. The predicted octanol–water partition coefficient (Wildman–Crippen LogP) is 5.25. The number of imidazole rings is 1. The van der Waals surface area contributed by atoms with Crippen LogP contribution in [0.25, 0.3) is 11.0 Å². The number of aromatic nitrogens is 2. The molecule has 1 aromatic heterocycles. The van der Waals surface area contributed by atoms with Crippen LogP contribution in [0.2, 0.25) is 0 Å². The van der Waals surface area contributed by atoms with Gasteiger partial charge in [-0.25, -0.2) is 4.98 Å². The molecule has 1 aliphatic heterocycles. The highest BCUT2D eigenvalue weighted by Gasteiger charge is 2.18. The molecule has 4 rings (SSSR count). The molecule has 6 heteroatoms. The molecule has 0 aliphatic carbocycles. The Hall–Kier alpha value is -2.86. The molecule has 0 saturated carbocycles.